The van der Waals surface area contributed by atoms with E-state index in [1.54, 1.807) is 18.2 Å². The van der Waals surface area contributed by atoms with Gasteiger partial charge in [-0.15, -0.1) is 0 Å². The summed E-state index contributed by atoms with van der Waals surface area (Å²) >= 11 is 7.89. The van der Waals surface area contributed by atoms with Crippen molar-refractivity contribution in [1.82, 2.24) is 0 Å². The van der Waals surface area contributed by atoms with Crippen LogP contribution >= 0.6 is 34.2 Å². The Kier molecular flexibility index (Phi) is 4.37. The molecule has 2 aromatic rings. The summed E-state index contributed by atoms with van der Waals surface area (Å²) in [5, 5.41) is 0.504. The average Bonchev–Trinajstić information content (AvgIpc) is 2.34. The maximum atomic E-state index is 12.2. The standard InChI is InChI=1S/C13H11ClINO2S/c1-9-2-5-11(15)8-13(9)16-19(17,18)12-6-3-10(14)4-7-12/h2-8,16H,1H3. The van der Waals surface area contributed by atoms with Crippen LogP contribution in [0, 0.1) is 10.5 Å². The molecule has 3 nitrogen and oxygen atoms in total. The van der Waals surface area contributed by atoms with Gasteiger partial charge in [0, 0.05) is 8.59 Å². The van der Waals surface area contributed by atoms with Gasteiger partial charge in [0.25, 0.3) is 10.0 Å². The molecule has 0 amide bonds. The lowest BCUT2D eigenvalue weighted by Crippen LogP contribution is -2.13. The van der Waals surface area contributed by atoms with E-state index in [9.17, 15) is 8.42 Å². The largest absolute Gasteiger partial charge is 0.279 e. The molecule has 0 saturated carbocycles. The van der Waals surface area contributed by atoms with Crippen LogP contribution in [-0.4, -0.2) is 8.42 Å². The Morgan fingerprint density at radius 3 is 2.37 bits per heavy atom. The molecule has 0 radical (unpaired) electrons. The maximum absolute atomic E-state index is 12.2. The fourth-order valence-electron chi connectivity index (χ4n) is 1.52. The number of halogens is 2. The van der Waals surface area contributed by atoms with Crippen LogP contribution in [0.25, 0.3) is 0 Å². The summed E-state index contributed by atoms with van der Waals surface area (Å²) in [4.78, 5) is 0.190. The number of hydrogen-bond donors (Lipinski definition) is 1. The van der Waals surface area contributed by atoms with Crippen molar-refractivity contribution in [3.8, 4) is 0 Å². The first-order valence-corrected chi connectivity index (χ1v) is 8.37. The van der Waals surface area contributed by atoms with E-state index in [2.05, 4.69) is 27.3 Å². The van der Waals surface area contributed by atoms with Crippen LogP contribution in [0.5, 0.6) is 0 Å². The van der Waals surface area contributed by atoms with Crippen LogP contribution in [0.3, 0.4) is 0 Å². The van der Waals surface area contributed by atoms with Gasteiger partial charge in [0.05, 0.1) is 10.6 Å². The minimum absolute atomic E-state index is 0.190. The molecule has 0 saturated heterocycles. The van der Waals surface area contributed by atoms with Gasteiger partial charge in [0.1, 0.15) is 0 Å². The first-order chi connectivity index (χ1) is 8.88. The molecule has 0 fully saturated rings. The summed E-state index contributed by atoms with van der Waals surface area (Å²) in [5.41, 5.74) is 1.46. The van der Waals surface area contributed by atoms with Crippen molar-refractivity contribution in [3.05, 3.63) is 56.6 Å². The Balaban J connectivity index is 2.36. The lowest BCUT2D eigenvalue weighted by Gasteiger charge is -2.11. The predicted octanol–water partition coefficient (Wildman–Crippen LogP) is 4.05. The van der Waals surface area contributed by atoms with Crippen LogP contribution in [0.2, 0.25) is 5.02 Å². The zero-order valence-corrected chi connectivity index (χ0v) is 13.8. The van der Waals surface area contributed by atoms with Crippen molar-refractivity contribution < 1.29 is 8.42 Å². The fourth-order valence-corrected chi connectivity index (χ4v) is 3.26. The summed E-state index contributed by atoms with van der Waals surface area (Å²) < 4.78 is 28.0. The number of rotatable bonds is 3. The molecule has 2 rings (SSSR count). The molecule has 6 heteroatoms. The van der Waals surface area contributed by atoms with Gasteiger partial charge in [-0.2, -0.15) is 0 Å². The highest BCUT2D eigenvalue weighted by Gasteiger charge is 2.15. The van der Waals surface area contributed by atoms with Crippen molar-refractivity contribution >= 4 is 49.9 Å². The molecule has 0 aliphatic heterocycles. The third-order valence-corrected chi connectivity index (χ3v) is 4.87. The number of hydrogen-bond acceptors (Lipinski definition) is 2. The highest BCUT2D eigenvalue weighted by atomic mass is 127. The molecule has 0 aliphatic carbocycles. The molecule has 100 valence electrons. The SMILES string of the molecule is Cc1ccc(I)cc1NS(=O)(=O)c1ccc(Cl)cc1. The highest BCUT2D eigenvalue weighted by Crippen LogP contribution is 2.22. The molecule has 0 aliphatic rings. The summed E-state index contributed by atoms with van der Waals surface area (Å²) in [6.07, 6.45) is 0. The number of benzene rings is 2. The van der Waals surface area contributed by atoms with E-state index >= 15 is 0 Å². The normalized spacial score (nSPS) is 11.3. The molecule has 19 heavy (non-hydrogen) atoms. The van der Waals surface area contributed by atoms with Gasteiger partial charge < -0.3 is 0 Å². The molecular weight excluding hydrogens is 397 g/mol. The maximum Gasteiger partial charge on any atom is 0.261 e. The Labute approximate surface area is 131 Å². The van der Waals surface area contributed by atoms with Crippen molar-refractivity contribution in [2.75, 3.05) is 4.72 Å². The number of anilines is 1. The lowest BCUT2D eigenvalue weighted by molar-refractivity contribution is 0.601. The van der Waals surface area contributed by atoms with Crippen molar-refractivity contribution in [3.63, 3.8) is 0 Å². The van der Waals surface area contributed by atoms with E-state index in [-0.39, 0.29) is 4.90 Å². The van der Waals surface area contributed by atoms with E-state index in [4.69, 9.17) is 11.6 Å². The van der Waals surface area contributed by atoms with Gasteiger partial charge >= 0.3 is 0 Å². The molecule has 0 bridgehead atoms. The Bertz CT molecular complexity index is 699. The first-order valence-electron chi connectivity index (χ1n) is 5.43. The van der Waals surface area contributed by atoms with Crippen LogP contribution in [-0.2, 0) is 10.0 Å². The molecule has 0 atom stereocenters. The van der Waals surface area contributed by atoms with Gasteiger partial charge in [0.15, 0.2) is 0 Å². The van der Waals surface area contributed by atoms with E-state index < -0.39 is 10.0 Å². The lowest BCUT2D eigenvalue weighted by atomic mass is 10.2. The van der Waals surface area contributed by atoms with Crippen LogP contribution < -0.4 is 4.72 Å². The molecule has 1 N–H and O–H groups in total. The summed E-state index contributed by atoms with van der Waals surface area (Å²) in [6.45, 7) is 1.86. The third-order valence-electron chi connectivity index (χ3n) is 2.57. The van der Waals surface area contributed by atoms with Gasteiger partial charge in [-0.3, -0.25) is 4.72 Å². The Morgan fingerprint density at radius 1 is 1.11 bits per heavy atom. The molecule has 0 spiro atoms. The summed E-state index contributed by atoms with van der Waals surface area (Å²) in [7, 11) is -3.58. The molecule has 2 aromatic carbocycles. The zero-order valence-electron chi connectivity index (χ0n) is 10.0. The van der Waals surface area contributed by atoms with Crippen molar-refractivity contribution in [1.29, 1.82) is 0 Å². The second-order valence-electron chi connectivity index (χ2n) is 4.02. The van der Waals surface area contributed by atoms with Crippen LogP contribution in [0.15, 0.2) is 47.4 Å². The smallest absolute Gasteiger partial charge is 0.261 e. The van der Waals surface area contributed by atoms with Crippen LogP contribution in [0.4, 0.5) is 5.69 Å². The fraction of sp³-hybridized carbons (Fsp3) is 0.0769. The summed E-state index contributed by atoms with van der Waals surface area (Å²) in [6, 6.07) is 11.7. The van der Waals surface area contributed by atoms with Crippen molar-refractivity contribution in [2.24, 2.45) is 0 Å². The van der Waals surface area contributed by atoms with Crippen LogP contribution in [0.1, 0.15) is 5.56 Å². The quantitative estimate of drug-likeness (QED) is 0.780. The summed E-state index contributed by atoms with van der Waals surface area (Å²) in [5.74, 6) is 0. The Morgan fingerprint density at radius 2 is 1.74 bits per heavy atom. The topological polar surface area (TPSA) is 46.2 Å². The van der Waals surface area contributed by atoms with Crippen molar-refractivity contribution in [2.45, 2.75) is 11.8 Å². The van der Waals surface area contributed by atoms with E-state index in [0.717, 1.165) is 9.13 Å². The number of aryl methyl sites for hydroxylation is 1. The van der Waals surface area contributed by atoms with Gasteiger partial charge in [-0.05, 0) is 71.5 Å². The average molecular weight is 408 g/mol. The second kappa shape index (κ2) is 5.68. The second-order valence-corrected chi connectivity index (χ2v) is 7.38. The number of sulfonamides is 1. The minimum atomic E-state index is -3.58. The van der Waals surface area contributed by atoms with E-state index in [0.29, 0.717) is 10.7 Å². The minimum Gasteiger partial charge on any atom is -0.279 e. The van der Waals surface area contributed by atoms with Gasteiger partial charge in [-0.1, -0.05) is 17.7 Å². The molecule has 0 aromatic heterocycles. The van der Waals surface area contributed by atoms with Gasteiger partial charge in [0.2, 0.25) is 0 Å². The number of nitrogens with one attached hydrogen (secondary N) is 1. The predicted molar refractivity (Wildman–Crippen MR) is 86.2 cm³/mol. The van der Waals surface area contributed by atoms with Gasteiger partial charge in [-0.25, -0.2) is 8.42 Å². The zero-order chi connectivity index (χ0) is 14.0. The van der Waals surface area contributed by atoms with E-state index in [1.807, 2.05) is 19.1 Å². The van der Waals surface area contributed by atoms with E-state index in [1.165, 1.54) is 12.1 Å². The molecule has 0 heterocycles. The Hall–Kier alpha value is -0.790. The third kappa shape index (κ3) is 3.61. The first kappa shape index (κ1) is 14.6. The highest BCUT2D eigenvalue weighted by molar-refractivity contribution is 14.1. The monoisotopic (exact) mass is 407 g/mol. The molecular formula is C13H11ClINO2S. The molecule has 0 unspecified atom stereocenters.